The molecule has 1 aliphatic rings. The van der Waals surface area contributed by atoms with Gasteiger partial charge in [0.25, 0.3) is 5.91 Å². The lowest BCUT2D eigenvalue weighted by Gasteiger charge is -2.23. The number of carbonyl (C=O) groups excluding carboxylic acids is 2. The van der Waals surface area contributed by atoms with Gasteiger partial charge in [0.15, 0.2) is 0 Å². The standard InChI is InChI=1S/C30H33N5O2/c1-19-11-12-24(34-30(37)28-10-6-7-13-31-28)16-26(19)29(36)33-20(2)27-15-22(23-17-32-35(3)18-23)14-21-8-4-5-9-25(21)27/h4-5,8-9,11-12,14-18,20,28,31H,6-7,10,13H2,1-3H3,(H,33,36)(H,34,37)/t20?,28-/m1/s1. The van der Waals surface area contributed by atoms with Crippen LogP contribution in [0.1, 0.15) is 53.7 Å². The number of anilines is 1. The van der Waals surface area contributed by atoms with Crippen molar-refractivity contribution in [3.05, 3.63) is 83.7 Å². The molecule has 1 fully saturated rings. The first-order chi connectivity index (χ1) is 17.9. The number of rotatable bonds is 6. The molecule has 2 atom stereocenters. The summed E-state index contributed by atoms with van der Waals surface area (Å²) in [6.45, 7) is 4.77. The summed E-state index contributed by atoms with van der Waals surface area (Å²) in [5.74, 6) is -0.227. The second kappa shape index (κ2) is 10.6. The number of amides is 2. The highest BCUT2D eigenvalue weighted by Crippen LogP contribution is 2.31. The van der Waals surface area contributed by atoms with Crippen LogP contribution < -0.4 is 16.0 Å². The molecule has 1 saturated heterocycles. The minimum absolute atomic E-state index is 0.0537. The number of hydrogen-bond acceptors (Lipinski definition) is 4. The Bertz CT molecular complexity index is 1450. The van der Waals surface area contributed by atoms with Crippen molar-refractivity contribution in [2.24, 2.45) is 7.05 Å². The van der Waals surface area contributed by atoms with Crippen molar-refractivity contribution in [3.63, 3.8) is 0 Å². The van der Waals surface area contributed by atoms with Gasteiger partial charge in [-0.25, -0.2) is 0 Å². The van der Waals surface area contributed by atoms with E-state index in [0.29, 0.717) is 11.3 Å². The van der Waals surface area contributed by atoms with Crippen LogP contribution in [0.15, 0.2) is 67.0 Å². The Morgan fingerprint density at radius 1 is 1.08 bits per heavy atom. The van der Waals surface area contributed by atoms with Crippen LogP contribution >= 0.6 is 0 Å². The third-order valence-electron chi connectivity index (χ3n) is 7.12. The molecule has 1 aliphatic heterocycles. The number of nitrogens with zero attached hydrogens (tertiary/aromatic N) is 2. The monoisotopic (exact) mass is 495 g/mol. The summed E-state index contributed by atoms with van der Waals surface area (Å²) in [4.78, 5) is 26.1. The molecule has 1 aromatic heterocycles. The van der Waals surface area contributed by atoms with E-state index in [1.54, 1.807) is 10.7 Å². The van der Waals surface area contributed by atoms with Gasteiger partial charge < -0.3 is 16.0 Å². The van der Waals surface area contributed by atoms with E-state index in [0.717, 1.165) is 58.8 Å². The summed E-state index contributed by atoms with van der Waals surface area (Å²) in [6.07, 6.45) is 6.80. The van der Waals surface area contributed by atoms with Crippen LogP contribution in [0.2, 0.25) is 0 Å². The molecule has 0 aliphatic carbocycles. The molecule has 0 bridgehead atoms. The molecule has 0 saturated carbocycles. The van der Waals surface area contributed by atoms with Crippen LogP contribution in [0.25, 0.3) is 21.9 Å². The fraction of sp³-hybridized carbons (Fsp3) is 0.300. The third kappa shape index (κ3) is 5.42. The van der Waals surface area contributed by atoms with E-state index in [1.807, 2.05) is 57.6 Å². The highest BCUT2D eigenvalue weighted by Gasteiger charge is 2.22. The number of fused-ring (bicyclic) bond motifs is 1. The zero-order valence-electron chi connectivity index (χ0n) is 21.5. The van der Waals surface area contributed by atoms with Gasteiger partial charge in [-0.2, -0.15) is 5.10 Å². The van der Waals surface area contributed by atoms with Crippen LogP contribution in [0.3, 0.4) is 0 Å². The van der Waals surface area contributed by atoms with Crippen LogP contribution in [0, 0.1) is 6.92 Å². The molecule has 3 aromatic carbocycles. The van der Waals surface area contributed by atoms with Crippen LogP contribution in [0.4, 0.5) is 5.69 Å². The van der Waals surface area contributed by atoms with Crippen molar-refractivity contribution in [2.75, 3.05) is 11.9 Å². The average molecular weight is 496 g/mol. The summed E-state index contributed by atoms with van der Waals surface area (Å²) in [7, 11) is 1.90. The summed E-state index contributed by atoms with van der Waals surface area (Å²) in [5.41, 5.74) is 5.15. The van der Waals surface area contributed by atoms with Crippen LogP contribution in [0.5, 0.6) is 0 Å². The Hall–Kier alpha value is -3.97. The van der Waals surface area contributed by atoms with Gasteiger partial charge in [0, 0.05) is 30.1 Å². The topological polar surface area (TPSA) is 88.1 Å². The van der Waals surface area contributed by atoms with E-state index in [4.69, 9.17) is 0 Å². The second-order valence-corrected chi connectivity index (χ2v) is 9.91. The SMILES string of the molecule is Cc1ccc(NC(=O)[C@H]2CCCCN2)cc1C(=O)NC(C)c1cc(-c2cnn(C)c2)cc2ccccc12. The average Bonchev–Trinajstić information content (AvgIpc) is 3.35. The summed E-state index contributed by atoms with van der Waals surface area (Å²) >= 11 is 0. The quantitative estimate of drug-likeness (QED) is 0.346. The van der Waals surface area contributed by atoms with Gasteiger partial charge >= 0.3 is 0 Å². The van der Waals surface area contributed by atoms with E-state index in [2.05, 4.69) is 45.3 Å². The Balaban J connectivity index is 1.39. The molecular formula is C30H33N5O2. The van der Waals surface area contributed by atoms with Crippen molar-refractivity contribution in [3.8, 4) is 11.1 Å². The molecular weight excluding hydrogens is 462 g/mol. The highest BCUT2D eigenvalue weighted by atomic mass is 16.2. The van der Waals surface area contributed by atoms with Crippen molar-refractivity contribution in [2.45, 2.75) is 45.2 Å². The Morgan fingerprint density at radius 3 is 2.68 bits per heavy atom. The predicted molar refractivity (Wildman–Crippen MR) is 147 cm³/mol. The normalized spacial score (nSPS) is 16.4. The molecule has 3 N–H and O–H groups in total. The minimum Gasteiger partial charge on any atom is -0.345 e. The van der Waals surface area contributed by atoms with Crippen LogP contribution in [-0.4, -0.2) is 34.2 Å². The summed E-state index contributed by atoms with van der Waals surface area (Å²) in [6, 6.07) is 17.6. The van der Waals surface area contributed by atoms with Gasteiger partial charge in [-0.05, 0) is 85.0 Å². The first-order valence-corrected chi connectivity index (χ1v) is 12.9. The zero-order valence-corrected chi connectivity index (χ0v) is 21.5. The van der Waals surface area contributed by atoms with Crippen LogP contribution in [-0.2, 0) is 11.8 Å². The number of aryl methyl sites for hydroxylation is 2. The van der Waals surface area contributed by atoms with E-state index in [1.165, 1.54) is 0 Å². The Morgan fingerprint density at radius 2 is 1.92 bits per heavy atom. The van der Waals surface area contributed by atoms with Gasteiger partial charge in [-0.1, -0.05) is 36.8 Å². The maximum Gasteiger partial charge on any atom is 0.252 e. The van der Waals surface area contributed by atoms with Gasteiger partial charge in [0.05, 0.1) is 18.3 Å². The molecule has 0 spiro atoms. The molecule has 0 radical (unpaired) electrons. The smallest absolute Gasteiger partial charge is 0.252 e. The van der Waals surface area contributed by atoms with Crippen molar-refractivity contribution in [1.29, 1.82) is 0 Å². The fourth-order valence-electron chi connectivity index (χ4n) is 5.04. The Labute approximate surface area is 217 Å². The number of piperidine rings is 1. The lowest BCUT2D eigenvalue weighted by Crippen LogP contribution is -2.43. The largest absolute Gasteiger partial charge is 0.345 e. The number of hydrogen-bond donors (Lipinski definition) is 3. The molecule has 2 heterocycles. The van der Waals surface area contributed by atoms with E-state index < -0.39 is 0 Å². The third-order valence-corrected chi connectivity index (χ3v) is 7.12. The van der Waals surface area contributed by atoms with Gasteiger partial charge in [-0.3, -0.25) is 14.3 Å². The number of aromatic nitrogens is 2. The lowest BCUT2D eigenvalue weighted by molar-refractivity contribution is -0.118. The maximum absolute atomic E-state index is 13.4. The molecule has 190 valence electrons. The molecule has 5 rings (SSSR count). The number of carbonyl (C=O) groups is 2. The molecule has 7 heteroatoms. The minimum atomic E-state index is -0.238. The first kappa shape index (κ1) is 24.7. The summed E-state index contributed by atoms with van der Waals surface area (Å²) < 4.78 is 1.79. The lowest BCUT2D eigenvalue weighted by atomic mass is 9.94. The van der Waals surface area contributed by atoms with E-state index >= 15 is 0 Å². The fourth-order valence-corrected chi connectivity index (χ4v) is 5.04. The number of benzene rings is 3. The van der Waals surface area contributed by atoms with Gasteiger partial charge in [0.2, 0.25) is 5.91 Å². The molecule has 37 heavy (non-hydrogen) atoms. The molecule has 2 amide bonds. The van der Waals surface area contributed by atoms with Gasteiger partial charge in [-0.15, -0.1) is 0 Å². The summed E-state index contributed by atoms with van der Waals surface area (Å²) in [5, 5.41) is 16.0. The predicted octanol–water partition coefficient (Wildman–Crippen LogP) is 5.12. The zero-order chi connectivity index (χ0) is 25.9. The van der Waals surface area contributed by atoms with Crippen molar-refractivity contribution >= 4 is 28.3 Å². The molecule has 7 nitrogen and oxygen atoms in total. The molecule has 1 unspecified atom stereocenters. The first-order valence-electron chi connectivity index (χ1n) is 12.9. The second-order valence-electron chi connectivity index (χ2n) is 9.91. The highest BCUT2D eigenvalue weighted by molar-refractivity contribution is 6.00. The van der Waals surface area contributed by atoms with Crippen molar-refractivity contribution in [1.82, 2.24) is 20.4 Å². The number of nitrogens with one attached hydrogen (secondary N) is 3. The maximum atomic E-state index is 13.4. The molecule has 4 aromatic rings. The van der Waals surface area contributed by atoms with Crippen molar-refractivity contribution < 1.29 is 9.59 Å². The van der Waals surface area contributed by atoms with Gasteiger partial charge in [0.1, 0.15) is 0 Å². The van der Waals surface area contributed by atoms with E-state index in [9.17, 15) is 9.59 Å². The Kier molecular flexibility index (Phi) is 7.06. The van der Waals surface area contributed by atoms with E-state index in [-0.39, 0.29) is 23.9 Å².